The molecule has 0 bridgehead atoms. The minimum atomic E-state index is -4.21. The van der Waals surface area contributed by atoms with E-state index in [0.29, 0.717) is 6.42 Å². The van der Waals surface area contributed by atoms with Gasteiger partial charge in [0.2, 0.25) is 0 Å². The molecule has 0 aliphatic carbocycles. The maximum atomic E-state index is 10.1. The Morgan fingerprint density at radius 1 is 1.53 bits per heavy atom. The number of phosphoric acid groups is 1. The lowest BCUT2D eigenvalue weighted by Crippen LogP contribution is -2.04. The van der Waals surface area contributed by atoms with Crippen LogP contribution in [0.4, 0.5) is 0 Å². The number of unbranched alkanes of at least 4 members (excludes halogenated alkanes) is 2. The van der Waals surface area contributed by atoms with Gasteiger partial charge in [-0.25, -0.2) is 4.57 Å². The Bertz CT molecular complexity index is 211. The number of nitrogens with one attached hydrogen (secondary N) is 1. The van der Waals surface area contributed by atoms with Gasteiger partial charge in [-0.2, -0.15) is 0 Å². The van der Waals surface area contributed by atoms with Crippen LogP contribution in [0.2, 0.25) is 0 Å². The quantitative estimate of drug-likeness (QED) is 0.489. The van der Waals surface area contributed by atoms with Gasteiger partial charge < -0.3 is 15.1 Å². The van der Waals surface area contributed by atoms with E-state index in [1.54, 1.807) is 6.34 Å². The van der Waals surface area contributed by atoms with Crippen LogP contribution in [0.3, 0.4) is 0 Å². The Kier molecular flexibility index (Phi) is 8.61. The third-order valence-corrected chi connectivity index (χ3v) is 2.09. The summed E-state index contributed by atoms with van der Waals surface area (Å²) in [6.07, 6.45) is 4.41. The second kappa shape index (κ2) is 8.85. The molecular weight excluding hydrogens is 219 g/mol. The summed E-state index contributed by atoms with van der Waals surface area (Å²) in [5, 5.41) is 2.93. The number of hydrogen-bond donors (Lipinski definition) is 3. The SMILES string of the molecule is C1=NCCN1.CCCCCOP(=O)(O)O. The Morgan fingerprint density at radius 2 is 2.27 bits per heavy atom. The number of aliphatic imine (C=N–C) groups is 1. The minimum Gasteiger partial charge on any atom is -0.375 e. The predicted molar refractivity (Wildman–Crippen MR) is 58.9 cm³/mol. The molecule has 0 aromatic heterocycles. The number of phosphoric ester groups is 1. The van der Waals surface area contributed by atoms with E-state index in [4.69, 9.17) is 9.79 Å². The van der Waals surface area contributed by atoms with E-state index >= 15 is 0 Å². The van der Waals surface area contributed by atoms with Gasteiger partial charge in [-0.05, 0) is 6.42 Å². The Hall–Kier alpha value is -0.420. The molecule has 0 saturated heterocycles. The Morgan fingerprint density at radius 3 is 2.60 bits per heavy atom. The lowest BCUT2D eigenvalue weighted by Gasteiger charge is -2.02. The first-order valence-electron chi connectivity index (χ1n) is 4.98. The van der Waals surface area contributed by atoms with Crippen molar-refractivity contribution in [2.45, 2.75) is 26.2 Å². The fraction of sp³-hybridized carbons (Fsp3) is 0.875. The first-order chi connectivity index (χ1) is 7.06. The topological polar surface area (TPSA) is 91.2 Å². The van der Waals surface area contributed by atoms with E-state index in [2.05, 4.69) is 14.8 Å². The van der Waals surface area contributed by atoms with E-state index < -0.39 is 7.82 Å². The van der Waals surface area contributed by atoms with E-state index in [1.165, 1.54) is 0 Å². The van der Waals surface area contributed by atoms with Crippen LogP contribution in [0.1, 0.15) is 26.2 Å². The summed E-state index contributed by atoms with van der Waals surface area (Å²) < 4.78 is 14.3. The van der Waals surface area contributed by atoms with Crippen molar-refractivity contribution in [1.82, 2.24) is 5.32 Å². The molecule has 6 nitrogen and oxygen atoms in total. The second-order valence-corrected chi connectivity index (χ2v) is 4.26. The zero-order valence-corrected chi connectivity index (χ0v) is 9.82. The molecule has 0 spiro atoms. The minimum absolute atomic E-state index is 0.151. The molecule has 0 saturated carbocycles. The van der Waals surface area contributed by atoms with Crippen LogP contribution in [-0.2, 0) is 9.09 Å². The fourth-order valence-electron chi connectivity index (χ4n) is 0.858. The standard InChI is InChI=1S/C5H13O4P.C3H6N2/c1-2-3-4-5-9-10(6,7)8;1-2-5-3-4-1/h2-5H2,1H3,(H2,6,7,8);3H,1-2H2,(H,4,5). The van der Waals surface area contributed by atoms with Gasteiger partial charge in [0.1, 0.15) is 0 Å². The van der Waals surface area contributed by atoms with Gasteiger partial charge in [0.15, 0.2) is 0 Å². The molecule has 0 unspecified atom stereocenters. The van der Waals surface area contributed by atoms with Gasteiger partial charge in [0, 0.05) is 6.54 Å². The first kappa shape index (κ1) is 14.6. The van der Waals surface area contributed by atoms with Crippen LogP contribution in [0, 0.1) is 0 Å². The zero-order chi connectivity index (χ0) is 11.6. The summed E-state index contributed by atoms with van der Waals surface area (Å²) in [5.74, 6) is 0. The average Bonchev–Trinajstić information content (AvgIpc) is 2.68. The summed E-state index contributed by atoms with van der Waals surface area (Å²) in [6, 6.07) is 0. The average molecular weight is 238 g/mol. The molecule has 0 atom stereocenters. The van der Waals surface area contributed by atoms with Crippen molar-refractivity contribution in [3.63, 3.8) is 0 Å². The highest BCUT2D eigenvalue weighted by atomic mass is 31.2. The van der Waals surface area contributed by atoms with Crippen molar-refractivity contribution < 1.29 is 18.9 Å². The van der Waals surface area contributed by atoms with Gasteiger partial charge in [-0.15, -0.1) is 0 Å². The summed E-state index contributed by atoms with van der Waals surface area (Å²) in [5.41, 5.74) is 0. The summed E-state index contributed by atoms with van der Waals surface area (Å²) in [6.45, 7) is 4.15. The van der Waals surface area contributed by atoms with Gasteiger partial charge in [0.05, 0.1) is 19.5 Å². The molecule has 0 fully saturated rings. The third-order valence-electron chi connectivity index (χ3n) is 1.58. The van der Waals surface area contributed by atoms with Crippen LogP contribution in [0.15, 0.2) is 4.99 Å². The van der Waals surface area contributed by atoms with Gasteiger partial charge in [0.25, 0.3) is 0 Å². The molecule has 0 aromatic carbocycles. The number of hydrogen-bond acceptors (Lipinski definition) is 4. The predicted octanol–water partition coefficient (Wildman–Crippen LogP) is 0.904. The molecule has 7 heteroatoms. The monoisotopic (exact) mass is 238 g/mol. The molecule has 3 N–H and O–H groups in total. The van der Waals surface area contributed by atoms with Crippen molar-refractivity contribution in [3.05, 3.63) is 0 Å². The molecular formula is C8H19N2O4P. The van der Waals surface area contributed by atoms with Crippen molar-refractivity contribution >= 4 is 14.2 Å². The van der Waals surface area contributed by atoms with E-state index in [1.807, 2.05) is 6.92 Å². The molecule has 0 radical (unpaired) electrons. The van der Waals surface area contributed by atoms with Gasteiger partial charge in [-0.3, -0.25) is 9.52 Å². The largest absolute Gasteiger partial charge is 0.469 e. The van der Waals surface area contributed by atoms with E-state index in [0.717, 1.165) is 25.9 Å². The van der Waals surface area contributed by atoms with Crippen LogP contribution in [0.25, 0.3) is 0 Å². The van der Waals surface area contributed by atoms with Crippen molar-refractivity contribution in [2.24, 2.45) is 4.99 Å². The molecule has 1 aliphatic rings. The molecule has 90 valence electrons. The highest BCUT2D eigenvalue weighted by Crippen LogP contribution is 2.35. The Labute approximate surface area is 90.0 Å². The molecule has 0 aromatic rings. The summed E-state index contributed by atoms with van der Waals surface area (Å²) in [4.78, 5) is 20.3. The van der Waals surface area contributed by atoms with Crippen LogP contribution in [0.5, 0.6) is 0 Å². The smallest absolute Gasteiger partial charge is 0.375 e. The van der Waals surface area contributed by atoms with Crippen molar-refractivity contribution in [2.75, 3.05) is 19.7 Å². The van der Waals surface area contributed by atoms with E-state index in [9.17, 15) is 4.57 Å². The molecule has 15 heavy (non-hydrogen) atoms. The molecule has 1 heterocycles. The number of rotatable bonds is 5. The van der Waals surface area contributed by atoms with Gasteiger partial charge >= 0.3 is 7.82 Å². The van der Waals surface area contributed by atoms with Crippen LogP contribution < -0.4 is 5.32 Å². The summed E-state index contributed by atoms with van der Waals surface area (Å²) >= 11 is 0. The van der Waals surface area contributed by atoms with Crippen LogP contribution >= 0.6 is 7.82 Å². The van der Waals surface area contributed by atoms with Crippen molar-refractivity contribution in [3.8, 4) is 0 Å². The fourth-order valence-corrected chi connectivity index (χ4v) is 1.23. The molecule has 0 amide bonds. The Balaban J connectivity index is 0.000000322. The molecule has 1 rings (SSSR count). The maximum absolute atomic E-state index is 10.1. The van der Waals surface area contributed by atoms with Crippen LogP contribution in [-0.4, -0.2) is 35.8 Å². The maximum Gasteiger partial charge on any atom is 0.469 e. The van der Waals surface area contributed by atoms with E-state index in [-0.39, 0.29) is 6.61 Å². The van der Waals surface area contributed by atoms with Crippen molar-refractivity contribution in [1.29, 1.82) is 0 Å². The molecule has 1 aliphatic heterocycles. The zero-order valence-electron chi connectivity index (χ0n) is 8.93. The lowest BCUT2D eigenvalue weighted by atomic mass is 10.3. The van der Waals surface area contributed by atoms with Gasteiger partial charge in [-0.1, -0.05) is 19.8 Å². The lowest BCUT2D eigenvalue weighted by molar-refractivity contribution is 0.193. The third kappa shape index (κ3) is 13.6. The highest BCUT2D eigenvalue weighted by molar-refractivity contribution is 7.46. The number of nitrogens with zero attached hydrogens (tertiary/aromatic N) is 1. The normalized spacial score (nSPS) is 14.3. The second-order valence-electron chi connectivity index (χ2n) is 3.02. The summed E-state index contributed by atoms with van der Waals surface area (Å²) in [7, 11) is -4.21. The first-order valence-corrected chi connectivity index (χ1v) is 6.51. The highest BCUT2D eigenvalue weighted by Gasteiger charge is 2.11.